The average Bonchev–Trinajstić information content (AvgIpc) is 2.67. The maximum atomic E-state index is 12.9. The number of aliphatic imine (C=N–C) groups is 1. The van der Waals surface area contributed by atoms with Gasteiger partial charge in [-0.2, -0.15) is 0 Å². The molecule has 0 aromatic heterocycles. The monoisotopic (exact) mass is 507 g/mol. The Kier molecular flexibility index (Phi) is 10.6. The predicted octanol–water partition coefficient (Wildman–Crippen LogP) is 2.12. The molecule has 0 aliphatic carbocycles. The summed E-state index contributed by atoms with van der Waals surface area (Å²) in [6.07, 6.45) is -0.308. The van der Waals surface area contributed by atoms with Crippen molar-refractivity contribution in [3.63, 3.8) is 0 Å². The van der Waals surface area contributed by atoms with Gasteiger partial charge >= 0.3 is 6.09 Å². The third-order valence-electron chi connectivity index (χ3n) is 3.94. The Morgan fingerprint density at radius 2 is 1.71 bits per heavy atom. The number of piperazine rings is 1. The molecule has 0 spiro atoms. The number of carbonyl (C=O) groups is 2. The van der Waals surface area contributed by atoms with Crippen LogP contribution in [0.4, 0.5) is 14.9 Å². The quantitative estimate of drug-likeness (QED) is 0.363. The van der Waals surface area contributed by atoms with Crippen LogP contribution in [0.25, 0.3) is 0 Å². The van der Waals surface area contributed by atoms with Gasteiger partial charge < -0.3 is 25.2 Å². The van der Waals surface area contributed by atoms with Crippen LogP contribution in [-0.2, 0) is 9.53 Å². The van der Waals surface area contributed by atoms with Crippen LogP contribution in [0.2, 0.25) is 0 Å². The summed E-state index contributed by atoms with van der Waals surface area (Å²) < 4.78 is 17.9. The van der Waals surface area contributed by atoms with Gasteiger partial charge in [-0.25, -0.2) is 14.2 Å². The molecule has 1 aromatic rings. The van der Waals surface area contributed by atoms with E-state index in [9.17, 15) is 14.0 Å². The lowest BCUT2D eigenvalue weighted by Crippen LogP contribution is -2.54. The number of guanidine groups is 1. The largest absolute Gasteiger partial charge is 0.450 e. The summed E-state index contributed by atoms with van der Waals surface area (Å²) in [5, 5.41) is 5.84. The SMILES string of the molecule is CCNC(=NCC(=O)Nc1ccc(F)cc1)N1CCN(C(=O)OCC)CC1.I. The molecule has 0 unspecified atom stereocenters. The van der Waals surface area contributed by atoms with Gasteiger partial charge in [0.2, 0.25) is 5.91 Å². The lowest BCUT2D eigenvalue weighted by molar-refractivity contribution is -0.114. The molecule has 2 rings (SSSR count). The van der Waals surface area contributed by atoms with Crippen LogP contribution in [-0.4, -0.2) is 73.6 Å². The molecular formula is C18H27FIN5O3. The van der Waals surface area contributed by atoms with E-state index in [-0.39, 0.29) is 48.3 Å². The first-order valence-corrected chi connectivity index (χ1v) is 9.03. The molecule has 1 aromatic carbocycles. The second-order valence-electron chi connectivity index (χ2n) is 5.90. The molecule has 1 aliphatic heterocycles. The van der Waals surface area contributed by atoms with Crippen molar-refractivity contribution in [3.05, 3.63) is 30.1 Å². The number of nitrogens with one attached hydrogen (secondary N) is 2. The number of rotatable bonds is 5. The Labute approximate surface area is 181 Å². The summed E-state index contributed by atoms with van der Waals surface area (Å²) in [4.78, 5) is 31.9. The van der Waals surface area contributed by atoms with Gasteiger partial charge in [-0.1, -0.05) is 0 Å². The van der Waals surface area contributed by atoms with Crippen LogP contribution >= 0.6 is 24.0 Å². The van der Waals surface area contributed by atoms with Gasteiger partial charge in [0.25, 0.3) is 0 Å². The fraction of sp³-hybridized carbons (Fsp3) is 0.500. The molecule has 1 fully saturated rings. The van der Waals surface area contributed by atoms with E-state index in [4.69, 9.17) is 4.74 Å². The summed E-state index contributed by atoms with van der Waals surface area (Å²) in [7, 11) is 0. The number of carbonyl (C=O) groups excluding carboxylic acids is 2. The van der Waals surface area contributed by atoms with Crippen LogP contribution in [0.3, 0.4) is 0 Å². The zero-order valence-electron chi connectivity index (χ0n) is 16.1. The van der Waals surface area contributed by atoms with Gasteiger partial charge in [-0.05, 0) is 38.1 Å². The van der Waals surface area contributed by atoms with E-state index in [1.54, 1.807) is 11.8 Å². The number of benzene rings is 1. The lowest BCUT2D eigenvalue weighted by atomic mass is 10.3. The highest BCUT2D eigenvalue weighted by Crippen LogP contribution is 2.08. The van der Waals surface area contributed by atoms with Crippen molar-refractivity contribution in [2.75, 3.05) is 51.2 Å². The molecule has 0 radical (unpaired) electrons. The Bertz CT molecular complexity index is 664. The van der Waals surface area contributed by atoms with E-state index in [0.29, 0.717) is 51.0 Å². The Morgan fingerprint density at radius 3 is 2.29 bits per heavy atom. The van der Waals surface area contributed by atoms with Crippen LogP contribution in [0, 0.1) is 5.82 Å². The molecule has 0 saturated carbocycles. The standard InChI is InChI=1S/C18H26FN5O3.HI/c1-3-20-17(23-9-11-24(12-10-23)18(26)27-4-2)21-13-16(25)22-15-7-5-14(19)6-8-15;/h5-8H,3-4,9-13H2,1-2H3,(H,20,21)(H,22,25);1H. The van der Waals surface area contributed by atoms with Crippen LogP contribution in [0.1, 0.15) is 13.8 Å². The molecule has 8 nitrogen and oxygen atoms in total. The number of halogens is 2. The Hall–Kier alpha value is -2.11. The first-order chi connectivity index (χ1) is 13.0. The summed E-state index contributed by atoms with van der Waals surface area (Å²) in [6.45, 7) is 6.95. The number of amides is 2. The summed E-state index contributed by atoms with van der Waals surface area (Å²) in [5.41, 5.74) is 0.518. The van der Waals surface area contributed by atoms with Crippen molar-refractivity contribution in [1.82, 2.24) is 15.1 Å². The van der Waals surface area contributed by atoms with E-state index in [1.165, 1.54) is 24.3 Å². The first-order valence-electron chi connectivity index (χ1n) is 9.03. The third-order valence-corrected chi connectivity index (χ3v) is 3.94. The van der Waals surface area contributed by atoms with Gasteiger partial charge in [0.1, 0.15) is 12.4 Å². The zero-order chi connectivity index (χ0) is 19.6. The Morgan fingerprint density at radius 1 is 1.11 bits per heavy atom. The van der Waals surface area contributed by atoms with E-state index < -0.39 is 0 Å². The molecule has 28 heavy (non-hydrogen) atoms. The van der Waals surface area contributed by atoms with Gasteiger partial charge in [0.15, 0.2) is 5.96 Å². The predicted molar refractivity (Wildman–Crippen MR) is 117 cm³/mol. The van der Waals surface area contributed by atoms with E-state index in [1.807, 2.05) is 11.8 Å². The normalized spacial score (nSPS) is 14.2. The second-order valence-corrected chi connectivity index (χ2v) is 5.90. The topological polar surface area (TPSA) is 86.3 Å². The van der Waals surface area contributed by atoms with Gasteiger partial charge in [0.05, 0.1) is 6.61 Å². The number of hydrogen-bond donors (Lipinski definition) is 2. The van der Waals surface area contributed by atoms with E-state index >= 15 is 0 Å². The molecule has 10 heteroatoms. The van der Waals surface area contributed by atoms with Crippen molar-refractivity contribution in [2.45, 2.75) is 13.8 Å². The molecule has 156 valence electrons. The maximum Gasteiger partial charge on any atom is 0.409 e. The zero-order valence-corrected chi connectivity index (χ0v) is 18.4. The molecule has 1 saturated heterocycles. The molecule has 2 N–H and O–H groups in total. The summed E-state index contributed by atoms with van der Waals surface area (Å²) in [6, 6.07) is 5.56. The van der Waals surface area contributed by atoms with Crippen molar-refractivity contribution in [2.24, 2.45) is 4.99 Å². The van der Waals surface area contributed by atoms with Crippen molar-refractivity contribution < 1.29 is 18.7 Å². The fourth-order valence-corrected chi connectivity index (χ4v) is 2.62. The maximum absolute atomic E-state index is 12.9. The van der Waals surface area contributed by atoms with E-state index in [0.717, 1.165) is 0 Å². The molecule has 0 atom stereocenters. The van der Waals surface area contributed by atoms with Crippen LogP contribution in [0.15, 0.2) is 29.3 Å². The molecule has 0 bridgehead atoms. The van der Waals surface area contributed by atoms with Gasteiger partial charge in [-0.3, -0.25) is 4.79 Å². The number of anilines is 1. The van der Waals surface area contributed by atoms with Crippen LogP contribution in [0.5, 0.6) is 0 Å². The first kappa shape index (κ1) is 23.9. The van der Waals surface area contributed by atoms with Crippen LogP contribution < -0.4 is 10.6 Å². The van der Waals surface area contributed by atoms with Gasteiger partial charge in [0, 0.05) is 38.4 Å². The highest BCUT2D eigenvalue weighted by Gasteiger charge is 2.23. The molecule has 1 aliphatic rings. The summed E-state index contributed by atoms with van der Waals surface area (Å²) >= 11 is 0. The number of hydrogen-bond acceptors (Lipinski definition) is 4. The van der Waals surface area contributed by atoms with Crippen molar-refractivity contribution in [1.29, 1.82) is 0 Å². The van der Waals surface area contributed by atoms with Crippen molar-refractivity contribution >= 4 is 47.6 Å². The van der Waals surface area contributed by atoms with Crippen molar-refractivity contribution in [3.8, 4) is 0 Å². The Balaban J connectivity index is 0.00000392. The number of nitrogens with zero attached hydrogens (tertiary/aromatic N) is 3. The minimum absolute atomic E-state index is 0. The second kappa shape index (κ2) is 12.4. The highest BCUT2D eigenvalue weighted by molar-refractivity contribution is 14.0. The van der Waals surface area contributed by atoms with E-state index in [2.05, 4.69) is 15.6 Å². The minimum Gasteiger partial charge on any atom is -0.450 e. The summed E-state index contributed by atoms with van der Waals surface area (Å²) in [5.74, 6) is -0.0279. The highest BCUT2D eigenvalue weighted by atomic mass is 127. The minimum atomic E-state index is -0.359. The third kappa shape index (κ3) is 7.49. The average molecular weight is 507 g/mol. The molecule has 2 amide bonds. The smallest absolute Gasteiger partial charge is 0.409 e. The fourth-order valence-electron chi connectivity index (χ4n) is 2.62. The molecule has 1 heterocycles. The molecular weight excluding hydrogens is 480 g/mol. The van der Waals surface area contributed by atoms with Gasteiger partial charge in [-0.15, -0.1) is 24.0 Å². The lowest BCUT2D eigenvalue weighted by Gasteiger charge is -2.35. The number of ether oxygens (including phenoxy) is 1.